The lowest BCUT2D eigenvalue weighted by atomic mass is 10.2. The number of oxime groups is 1. The van der Waals surface area contributed by atoms with E-state index in [-0.39, 0.29) is 0 Å². The maximum Gasteiger partial charge on any atom is 0.180 e. The summed E-state index contributed by atoms with van der Waals surface area (Å²) < 4.78 is 2.79. The summed E-state index contributed by atoms with van der Waals surface area (Å²) in [7, 11) is 0. The third-order valence-corrected chi connectivity index (χ3v) is 4.63. The first kappa shape index (κ1) is 14.8. The summed E-state index contributed by atoms with van der Waals surface area (Å²) in [6.07, 6.45) is 3.65. The molecule has 2 aromatic heterocycles. The Balaban J connectivity index is 1.60. The van der Waals surface area contributed by atoms with Crippen molar-refractivity contribution in [3.05, 3.63) is 69.1 Å². The van der Waals surface area contributed by atoms with Crippen LogP contribution in [0.2, 0.25) is 0 Å². The van der Waals surface area contributed by atoms with E-state index >= 15 is 0 Å². The molecule has 0 aliphatic heterocycles. The predicted octanol–water partition coefficient (Wildman–Crippen LogP) is 3.53. The molecular formula is C15H13BrN4OS. The Morgan fingerprint density at radius 3 is 2.82 bits per heavy atom. The normalized spacial score (nSPS) is 11.6. The van der Waals surface area contributed by atoms with E-state index in [1.807, 2.05) is 48.0 Å². The van der Waals surface area contributed by atoms with E-state index in [2.05, 4.69) is 26.2 Å². The molecule has 2 heterocycles. The predicted molar refractivity (Wildman–Crippen MR) is 91.1 cm³/mol. The summed E-state index contributed by atoms with van der Waals surface area (Å²) in [5, 5.41) is 10.1. The van der Waals surface area contributed by atoms with Crippen LogP contribution in [0.3, 0.4) is 0 Å². The van der Waals surface area contributed by atoms with E-state index in [0.29, 0.717) is 12.4 Å². The van der Waals surface area contributed by atoms with Crippen LogP contribution in [0.25, 0.3) is 5.69 Å². The summed E-state index contributed by atoms with van der Waals surface area (Å²) in [6.45, 7) is 0.368. The summed E-state index contributed by atoms with van der Waals surface area (Å²) in [5.41, 5.74) is 7.88. The van der Waals surface area contributed by atoms with Crippen molar-refractivity contribution in [3.8, 4) is 5.69 Å². The van der Waals surface area contributed by atoms with Gasteiger partial charge in [0.1, 0.15) is 6.61 Å². The monoisotopic (exact) mass is 376 g/mol. The number of benzene rings is 1. The molecular weight excluding hydrogens is 364 g/mol. The average molecular weight is 377 g/mol. The first-order chi connectivity index (χ1) is 10.7. The molecule has 3 rings (SSSR count). The Morgan fingerprint density at radius 1 is 1.36 bits per heavy atom. The zero-order chi connectivity index (χ0) is 15.4. The van der Waals surface area contributed by atoms with Crippen molar-refractivity contribution in [2.24, 2.45) is 10.9 Å². The van der Waals surface area contributed by atoms with Crippen molar-refractivity contribution in [1.82, 2.24) is 9.78 Å². The molecule has 2 N–H and O–H groups in total. The van der Waals surface area contributed by atoms with Gasteiger partial charge in [-0.3, -0.25) is 0 Å². The minimum absolute atomic E-state index is 0.368. The standard InChI is InChI=1S/C15H13BrN4OS/c16-12-8-14(22-10-12)15(17)19-21-9-11-2-4-13(5-3-11)20-7-1-6-18-20/h1-8,10H,9H2,(H2,17,19). The van der Waals surface area contributed by atoms with Crippen LogP contribution >= 0.6 is 27.3 Å². The number of rotatable bonds is 5. The molecule has 22 heavy (non-hydrogen) atoms. The van der Waals surface area contributed by atoms with Crippen molar-refractivity contribution >= 4 is 33.1 Å². The number of thiophene rings is 1. The molecule has 0 aliphatic rings. The van der Waals surface area contributed by atoms with E-state index < -0.39 is 0 Å². The molecule has 0 saturated carbocycles. The summed E-state index contributed by atoms with van der Waals surface area (Å²) in [5.74, 6) is 0.379. The fourth-order valence-electron chi connectivity index (χ4n) is 1.84. The smallest absolute Gasteiger partial charge is 0.180 e. The van der Waals surface area contributed by atoms with E-state index in [0.717, 1.165) is 20.6 Å². The first-order valence-electron chi connectivity index (χ1n) is 6.51. The third-order valence-electron chi connectivity index (χ3n) is 2.92. The summed E-state index contributed by atoms with van der Waals surface area (Å²) >= 11 is 4.89. The maximum atomic E-state index is 5.86. The fraction of sp³-hybridized carbons (Fsp3) is 0.0667. The van der Waals surface area contributed by atoms with Gasteiger partial charge in [0.25, 0.3) is 0 Å². The highest BCUT2D eigenvalue weighted by molar-refractivity contribution is 9.10. The zero-order valence-electron chi connectivity index (χ0n) is 11.5. The Kier molecular flexibility index (Phi) is 4.55. The van der Waals surface area contributed by atoms with E-state index in [1.165, 1.54) is 11.3 Å². The zero-order valence-corrected chi connectivity index (χ0v) is 13.9. The molecule has 7 heteroatoms. The molecule has 3 aromatic rings. The highest BCUT2D eigenvalue weighted by Gasteiger charge is 2.03. The lowest BCUT2D eigenvalue weighted by Crippen LogP contribution is -2.11. The Hall–Kier alpha value is -2.12. The second-order valence-electron chi connectivity index (χ2n) is 4.50. The van der Waals surface area contributed by atoms with Crippen LogP contribution in [0.4, 0.5) is 0 Å². The molecule has 1 aromatic carbocycles. The van der Waals surface area contributed by atoms with Crippen LogP contribution in [0, 0.1) is 0 Å². The Morgan fingerprint density at radius 2 is 2.18 bits per heavy atom. The second-order valence-corrected chi connectivity index (χ2v) is 6.32. The van der Waals surface area contributed by atoms with Crippen LogP contribution in [0.5, 0.6) is 0 Å². The first-order valence-corrected chi connectivity index (χ1v) is 8.18. The molecule has 0 radical (unpaired) electrons. The van der Waals surface area contributed by atoms with Crippen LogP contribution in [-0.2, 0) is 11.4 Å². The minimum atomic E-state index is 0.368. The van der Waals surface area contributed by atoms with Crippen LogP contribution in [0.1, 0.15) is 10.4 Å². The largest absolute Gasteiger partial charge is 0.389 e. The molecule has 0 spiro atoms. The minimum Gasteiger partial charge on any atom is -0.389 e. The topological polar surface area (TPSA) is 65.4 Å². The van der Waals surface area contributed by atoms with Gasteiger partial charge in [-0.1, -0.05) is 17.3 Å². The van der Waals surface area contributed by atoms with Crippen molar-refractivity contribution in [2.45, 2.75) is 6.61 Å². The van der Waals surface area contributed by atoms with Crippen molar-refractivity contribution < 1.29 is 4.84 Å². The van der Waals surface area contributed by atoms with Gasteiger partial charge in [0, 0.05) is 22.2 Å². The quantitative estimate of drug-likeness (QED) is 0.420. The number of amidine groups is 1. The lowest BCUT2D eigenvalue weighted by Gasteiger charge is -2.04. The second kappa shape index (κ2) is 6.76. The average Bonchev–Trinajstić information content (AvgIpc) is 3.19. The number of aromatic nitrogens is 2. The highest BCUT2D eigenvalue weighted by atomic mass is 79.9. The summed E-state index contributed by atoms with van der Waals surface area (Å²) in [6, 6.07) is 11.7. The molecule has 0 saturated heterocycles. The van der Waals surface area contributed by atoms with Gasteiger partial charge < -0.3 is 10.6 Å². The molecule has 0 unspecified atom stereocenters. The molecule has 0 fully saturated rings. The molecule has 5 nitrogen and oxygen atoms in total. The SMILES string of the molecule is NC(=NOCc1ccc(-n2cccn2)cc1)c1cc(Br)cs1. The van der Waals surface area contributed by atoms with Crippen LogP contribution in [-0.4, -0.2) is 15.6 Å². The summed E-state index contributed by atoms with van der Waals surface area (Å²) in [4.78, 5) is 6.18. The van der Waals surface area contributed by atoms with E-state index in [4.69, 9.17) is 10.6 Å². The molecule has 0 atom stereocenters. The van der Waals surface area contributed by atoms with Gasteiger partial charge in [0.05, 0.1) is 10.6 Å². The van der Waals surface area contributed by atoms with E-state index in [1.54, 1.807) is 10.9 Å². The van der Waals surface area contributed by atoms with Gasteiger partial charge in [-0.15, -0.1) is 11.3 Å². The van der Waals surface area contributed by atoms with Gasteiger partial charge in [0.15, 0.2) is 5.84 Å². The molecule has 0 aliphatic carbocycles. The van der Waals surface area contributed by atoms with Crippen molar-refractivity contribution in [3.63, 3.8) is 0 Å². The van der Waals surface area contributed by atoms with Gasteiger partial charge in [-0.2, -0.15) is 5.10 Å². The Bertz CT molecular complexity index is 765. The van der Waals surface area contributed by atoms with Crippen molar-refractivity contribution in [1.29, 1.82) is 0 Å². The maximum absolute atomic E-state index is 5.86. The van der Waals surface area contributed by atoms with Gasteiger partial charge >= 0.3 is 0 Å². The lowest BCUT2D eigenvalue weighted by molar-refractivity contribution is 0.130. The molecule has 0 bridgehead atoms. The van der Waals surface area contributed by atoms with Crippen LogP contribution < -0.4 is 5.73 Å². The highest BCUT2D eigenvalue weighted by Crippen LogP contribution is 2.19. The van der Waals surface area contributed by atoms with Gasteiger partial charge in [-0.05, 0) is 45.8 Å². The van der Waals surface area contributed by atoms with Crippen LogP contribution in [0.15, 0.2) is 63.8 Å². The Labute approximate surface area is 140 Å². The van der Waals surface area contributed by atoms with Crippen molar-refractivity contribution in [2.75, 3.05) is 0 Å². The molecule has 112 valence electrons. The van der Waals surface area contributed by atoms with Gasteiger partial charge in [-0.25, -0.2) is 4.68 Å². The number of nitrogens with zero attached hydrogens (tertiary/aromatic N) is 3. The number of hydrogen-bond donors (Lipinski definition) is 1. The van der Waals surface area contributed by atoms with E-state index in [9.17, 15) is 0 Å². The number of nitrogens with two attached hydrogens (primary N) is 1. The third kappa shape index (κ3) is 3.55. The number of hydrogen-bond acceptors (Lipinski definition) is 4. The number of halogens is 1. The molecule has 0 amide bonds. The van der Waals surface area contributed by atoms with Gasteiger partial charge in [0.2, 0.25) is 0 Å². The fourth-order valence-corrected chi connectivity index (χ4v) is 3.16.